The molecule has 7 nitrogen and oxygen atoms in total. The number of methoxy groups -OCH3 is 1. The van der Waals surface area contributed by atoms with Gasteiger partial charge < -0.3 is 19.8 Å². The van der Waals surface area contributed by atoms with E-state index in [0.29, 0.717) is 17.0 Å². The van der Waals surface area contributed by atoms with E-state index in [1.165, 1.54) is 7.11 Å². The molecule has 0 saturated carbocycles. The largest absolute Gasteiger partial charge is 0.495 e. The number of benzene rings is 2. The van der Waals surface area contributed by atoms with E-state index >= 15 is 0 Å². The maximum Gasteiger partial charge on any atom is 0.313 e. The number of carbonyl (C=O) groups excluding carboxylic acids is 2. The molecule has 2 N–H and O–H groups in total. The number of ether oxygens (including phenoxy) is 1. The van der Waals surface area contributed by atoms with Gasteiger partial charge in [0.2, 0.25) is 0 Å². The van der Waals surface area contributed by atoms with E-state index in [1.807, 2.05) is 24.3 Å². The van der Waals surface area contributed by atoms with Crippen molar-refractivity contribution in [3.63, 3.8) is 0 Å². The quantitative estimate of drug-likeness (QED) is 0.534. The predicted octanol–water partition coefficient (Wildman–Crippen LogP) is 3.24. The highest BCUT2D eigenvalue weighted by Crippen LogP contribution is 2.36. The summed E-state index contributed by atoms with van der Waals surface area (Å²) >= 11 is 0. The fraction of sp³-hybridized carbons (Fsp3) is 0.0952. The summed E-state index contributed by atoms with van der Waals surface area (Å²) in [7, 11) is 1.50. The number of anilines is 1. The molecule has 7 heteroatoms. The van der Waals surface area contributed by atoms with Crippen LogP contribution in [0.1, 0.15) is 5.56 Å². The number of hydrogen-bond donors (Lipinski definition) is 2. The molecule has 0 fully saturated rings. The second kappa shape index (κ2) is 7.40. The van der Waals surface area contributed by atoms with Crippen molar-refractivity contribution in [3.05, 3.63) is 66.5 Å². The van der Waals surface area contributed by atoms with Crippen LogP contribution in [0, 0.1) is 0 Å². The monoisotopic (exact) mass is 375 g/mol. The number of aromatic nitrogens is 1. The number of rotatable bonds is 4. The molecule has 0 unspecified atom stereocenters. The van der Waals surface area contributed by atoms with Crippen molar-refractivity contribution in [2.24, 2.45) is 0 Å². The van der Waals surface area contributed by atoms with Crippen LogP contribution in [0.3, 0.4) is 0 Å². The third kappa shape index (κ3) is 3.37. The number of pyridine rings is 1. The second-order valence-electron chi connectivity index (χ2n) is 6.14. The zero-order valence-corrected chi connectivity index (χ0v) is 15.1. The number of nitrogens with zero attached hydrogens (tertiary/aromatic N) is 1. The van der Waals surface area contributed by atoms with Gasteiger partial charge in [0.1, 0.15) is 16.9 Å². The van der Waals surface area contributed by atoms with Crippen molar-refractivity contribution in [1.82, 2.24) is 10.3 Å². The molecule has 140 valence electrons. The van der Waals surface area contributed by atoms with Gasteiger partial charge in [0, 0.05) is 35.8 Å². The van der Waals surface area contributed by atoms with E-state index in [0.717, 1.165) is 21.9 Å². The molecule has 0 spiro atoms. The summed E-state index contributed by atoms with van der Waals surface area (Å²) in [5.41, 5.74) is 2.53. The normalized spacial score (nSPS) is 10.8. The Morgan fingerprint density at radius 3 is 2.57 bits per heavy atom. The molecule has 28 heavy (non-hydrogen) atoms. The lowest BCUT2D eigenvalue weighted by molar-refractivity contribution is -0.136. The zero-order chi connectivity index (χ0) is 19.5. The zero-order valence-electron chi connectivity index (χ0n) is 15.1. The predicted molar refractivity (Wildman–Crippen MR) is 105 cm³/mol. The molecule has 0 aliphatic heterocycles. The summed E-state index contributed by atoms with van der Waals surface area (Å²) in [5, 5.41) is 6.97. The minimum atomic E-state index is -0.789. The van der Waals surface area contributed by atoms with E-state index in [4.69, 9.17) is 9.15 Å². The van der Waals surface area contributed by atoms with E-state index in [9.17, 15) is 9.59 Å². The van der Waals surface area contributed by atoms with Crippen LogP contribution in [0.25, 0.3) is 21.9 Å². The molecule has 0 atom stereocenters. The average Bonchev–Trinajstić information content (AvgIpc) is 3.09. The molecule has 2 aromatic carbocycles. The summed E-state index contributed by atoms with van der Waals surface area (Å²) in [6.45, 7) is 0.231. The van der Waals surface area contributed by atoms with Gasteiger partial charge in [-0.3, -0.25) is 14.6 Å². The van der Waals surface area contributed by atoms with E-state index < -0.39 is 11.8 Å². The first-order chi connectivity index (χ1) is 13.7. The van der Waals surface area contributed by atoms with E-state index in [1.54, 1.807) is 36.7 Å². The fourth-order valence-electron chi connectivity index (χ4n) is 2.96. The average molecular weight is 375 g/mol. The highest BCUT2D eigenvalue weighted by atomic mass is 16.5. The van der Waals surface area contributed by atoms with Crippen LogP contribution < -0.4 is 15.4 Å². The standard InChI is InChI=1S/C21H17N3O4/c1-27-19-10-15-14-4-2-3-5-17(14)28-18(15)11-16(19)24-21(26)20(25)23-12-13-6-8-22-9-7-13/h2-11H,12H2,1H3,(H,23,25)(H,24,26). The number of amides is 2. The third-order valence-electron chi connectivity index (χ3n) is 4.36. The molecule has 4 aromatic rings. The Hall–Kier alpha value is -3.87. The van der Waals surface area contributed by atoms with Crippen molar-refractivity contribution >= 4 is 39.4 Å². The van der Waals surface area contributed by atoms with Crippen LogP contribution >= 0.6 is 0 Å². The molecule has 2 amide bonds. The summed E-state index contributed by atoms with van der Waals surface area (Å²) in [4.78, 5) is 28.3. The fourth-order valence-corrected chi connectivity index (χ4v) is 2.96. The first kappa shape index (κ1) is 17.5. The number of fused-ring (bicyclic) bond motifs is 3. The summed E-state index contributed by atoms with van der Waals surface area (Å²) < 4.78 is 11.2. The van der Waals surface area contributed by atoms with Gasteiger partial charge in [-0.25, -0.2) is 0 Å². The molecule has 4 rings (SSSR count). The molecule has 0 bridgehead atoms. The minimum Gasteiger partial charge on any atom is -0.495 e. The third-order valence-corrected chi connectivity index (χ3v) is 4.36. The lowest BCUT2D eigenvalue weighted by atomic mass is 10.1. The van der Waals surface area contributed by atoms with Crippen molar-refractivity contribution in [2.45, 2.75) is 6.54 Å². The van der Waals surface area contributed by atoms with Crippen LogP contribution in [0.4, 0.5) is 5.69 Å². The Kier molecular flexibility index (Phi) is 4.63. The molecule has 0 radical (unpaired) electrons. The van der Waals surface area contributed by atoms with Gasteiger partial charge in [-0.1, -0.05) is 18.2 Å². The Balaban J connectivity index is 1.55. The number of hydrogen-bond acceptors (Lipinski definition) is 5. The van der Waals surface area contributed by atoms with Crippen LogP contribution in [0.15, 0.2) is 65.3 Å². The smallest absolute Gasteiger partial charge is 0.313 e. The molecule has 2 aromatic heterocycles. The SMILES string of the molecule is COc1cc2c(cc1NC(=O)C(=O)NCc1ccncc1)oc1ccccc12. The Morgan fingerprint density at radius 2 is 1.79 bits per heavy atom. The summed E-state index contributed by atoms with van der Waals surface area (Å²) in [6, 6.07) is 14.6. The highest BCUT2D eigenvalue weighted by Gasteiger charge is 2.18. The Labute approximate surface area is 160 Å². The van der Waals surface area contributed by atoms with Crippen LogP contribution in [-0.4, -0.2) is 23.9 Å². The van der Waals surface area contributed by atoms with Crippen LogP contribution in [0.2, 0.25) is 0 Å². The number of para-hydroxylation sites is 1. The number of carbonyl (C=O) groups is 2. The van der Waals surface area contributed by atoms with Gasteiger partial charge in [0.05, 0.1) is 12.8 Å². The minimum absolute atomic E-state index is 0.231. The maximum absolute atomic E-state index is 12.3. The maximum atomic E-state index is 12.3. The molecular weight excluding hydrogens is 358 g/mol. The molecular formula is C21H17N3O4. The van der Waals surface area contributed by atoms with Crippen molar-refractivity contribution in [2.75, 3.05) is 12.4 Å². The molecule has 2 heterocycles. The highest BCUT2D eigenvalue weighted by molar-refractivity contribution is 6.39. The van der Waals surface area contributed by atoms with E-state index in [-0.39, 0.29) is 6.54 Å². The number of nitrogens with one attached hydrogen (secondary N) is 2. The van der Waals surface area contributed by atoms with Crippen LogP contribution in [0.5, 0.6) is 5.75 Å². The Bertz CT molecular complexity index is 1170. The van der Waals surface area contributed by atoms with Gasteiger partial charge in [-0.2, -0.15) is 0 Å². The van der Waals surface area contributed by atoms with Gasteiger partial charge in [-0.15, -0.1) is 0 Å². The van der Waals surface area contributed by atoms with Gasteiger partial charge in [0.15, 0.2) is 0 Å². The van der Waals surface area contributed by atoms with Gasteiger partial charge >= 0.3 is 11.8 Å². The van der Waals surface area contributed by atoms with Gasteiger partial charge in [-0.05, 0) is 29.8 Å². The number of furan rings is 1. The first-order valence-corrected chi connectivity index (χ1v) is 8.63. The molecule has 0 aliphatic carbocycles. The summed E-state index contributed by atoms with van der Waals surface area (Å²) in [5.74, 6) is -1.10. The van der Waals surface area contributed by atoms with Crippen molar-refractivity contribution in [3.8, 4) is 5.75 Å². The molecule has 0 aliphatic rings. The van der Waals surface area contributed by atoms with Gasteiger partial charge in [0.25, 0.3) is 0 Å². The lowest BCUT2D eigenvalue weighted by Crippen LogP contribution is -2.35. The summed E-state index contributed by atoms with van der Waals surface area (Å²) in [6.07, 6.45) is 3.24. The second-order valence-corrected chi connectivity index (χ2v) is 6.14. The molecule has 0 saturated heterocycles. The Morgan fingerprint density at radius 1 is 1.00 bits per heavy atom. The topological polar surface area (TPSA) is 93.5 Å². The van der Waals surface area contributed by atoms with Crippen LogP contribution in [-0.2, 0) is 16.1 Å². The van der Waals surface area contributed by atoms with E-state index in [2.05, 4.69) is 15.6 Å². The first-order valence-electron chi connectivity index (χ1n) is 8.63. The van der Waals surface area contributed by atoms with Crippen molar-refractivity contribution < 1.29 is 18.7 Å². The lowest BCUT2D eigenvalue weighted by Gasteiger charge is -2.10. The van der Waals surface area contributed by atoms with Crippen molar-refractivity contribution in [1.29, 1.82) is 0 Å².